The van der Waals surface area contributed by atoms with Gasteiger partial charge in [-0.25, -0.2) is 4.98 Å². The van der Waals surface area contributed by atoms with Gasteiger partial charge in [0.1, 0.15) is 5.69 Å². The molecule has 7 heteroatoms. The van der Waals surface area contributed by atoms with Gasteiger partial charge >= 0.3 is 0 Å². The highest BCUT2D eigenvalue weighted by Crippen LogP contribution is 2.22. The molecule has 0 saturated heterocycles. The third-order valence-electron chi connectivity index (χ3n) is 2.52. The largest absolute Gasteiger partial charge is 0.336 e. The minimum Gasteiger partial charge on any atom is -0.336 e. The predicted molar refractivity (Wildman–Crippen MR) is 82.7 cm³/mol. The van der Waals surface area contributed by atoms with Crippen molar-refractivity contribution in [3.63, 3.8) is 0 Å². The highest BCUT2D eigenvalue weighted by Gasteiger charge is 2.16. The minimum atomic E-state index is -0.0538. The fourth-order valence-electron chi connectivity index (χ4n) is 1.62. The summed E-state index contributed by atoms with van der Waals surface area (Å²) in [5, 5.41) is 4.75. The van der Waals surface area contributed by atoms with Crippen LogP contribution in [0.5, 0.6) is 0 Å². The van der Waals surface area contributed by atoms with E-state index in [1.165, 1.54) is 11.3 Å². The zero-order chi connectivity index (χ0) is 13.8. The van der Waals surface area contributed by atoms with Crippen LogP contribution in [0.25, 0.3) is 0 Å². The van der Waals surface area contributed by atoms with Crippen molar-refractivity contribution < 1.29 is 4.79 Å². The lowest BCUT2D eigenvalue weighted by molar-refractivity contribution is 0.0780. The van der Waals surface area contributed by atoms with Crippen molar-refractivity contribution in [3.8, 4) is 0 Å². The summed E-state index contributed by atoms with van der Waals surface area (Å²) in [4.78, 5) is 18.2. The molecule has 1 amide bonds. The first-order valence-electron chi connectivity index (χ1n) is 5.73. The van der Waals surface area contributed by atoms with Gasteiger partial charge in [0, 0.05) is 25.4 Å². The molecule has 102 valence electrons. The molecule has 2 rings (SSSR count). The van der Waals surface area contributed by atoms with E-state index in [0.29, 0.717) is 18.8 Å². The molecule has 0 unspecified atom stereocenters. The van der Waals surface area contributed by atoms with Crippen molar-refractivity contribution in [3.05, 3.63) is 36.9 Å². The van der Waals surface area contributed by atoms with E-state index < -0.39 is 0 Å². The Morgan fingerprint density at radius 2 is 2.26 bits per heavy atom. The van der Waals surface area contributed by atoms with Crippen molar-refractivity contribution in [1.82, 2.24) is 9.88 Å². The molecule has 2 aromatic rings. The van der Waals surface area contributed by atoms with Crippen LogP contribution in [0.4, 0.5) is 0 Å². The zero-order valence-electron chi connectivity index (χ0n) is 10.4. The van der Waals surface area contributed by atoms with Gasteiger partial charge in [-0.15, -0.1) is 22.7 Å². The number of carbonyl (C=O) groups is 1. The molecule has 0 saturated carbocycles. The van der Waals surface area contributed by atoms with Crippen LogP contribution in [0, 0.1) is 0 Å². The van der Waals surface area contributed by atoms with Crippen molar-refractivity contribution >= 4 is 44.5 Å². The molecule has 0 fully saturated rings. The topological polar surface area (TPSA) is 59.2 Å². The van der Waals surface area contributed by atoms with E-state index >= 15 is 0 Å². The van der Waals surface area contributed by atoms with Crippen molar-refractivity contribution in [2.45, 2.75) is 13.0 Å². The molecule has 2 N–H and O–H groups in total. The average molecular weight is 360 g/mol. The maximum absolute atomic E-state index is 12.2. The first-order chi connectivity index (χ1) is 9.10. The number of nitrogens with zero attached hydrogens (tertiary/aromatic N) is 2. The summed E-state index contributed by atoms with van der Waals surface area (Å²) in [6.45, 7) is 1.14. The molecule has 0 atom stereocenters. The summed E-state index contributed by atoms with van der Waals surface area (Å²) in [7, 11) is 1.79. The molecule has 0 aliphatic rings. The highest BCUT2D eigenvalue weighted by molar-refractivity contribution is 9.11. The van der Waals surface area contributed by atoms with Gasteiger partial charge in [0.2, 0.25) is 0 Å². The van der Waals surface area contributed by atoms with Gasteiger partial charge in [0.25, 0.3) is 5.91 Å². The van der Waals surface area contributed by atoms with E-state index in [1.807, 2.05) is 11.4 Å². The standard InChI is InChI=1S/C12H14BrN3OS2/c1-16(5-8-4-10(13)18-6-8)12(17)9-7-19-11(15-9)2-3-14/h4,6-7H,2-3,5,14H2,1H3. The molecular formula is C12H14BrN3OS2. The van der Waals surface area contributed by atoms with Crippen LogP contribution in [0.3, 0.4) is 0 Å². The fourth-order valence-corrected chi connectivity index (χ4v) is 3.61. The van der Waals surface area contributed by atoms with Crippen LogP contribution in [0.15, 0.2) is 20.6 Å². The van der Waals surface area contributed by atoms with Gasteiger partial charge < -0.3 is 10.6 Å². The maximum atomic E-state index is 12.2. The average Bonchev–Trinajstić information content (AvgIpc) is 2.98. The van der Waals surface area contributed by atoms with Crippen LogP contribution in [-0.2, 0) is 13.0 Å². The second kappa shape index (κ2) is 6.60. The molecule has 0 aliphatic carbocycles. The lowest BCUT2D eigenvalue weighted by Gasteiger charge is -2.14. The van der Waals surface area contributed by atoms with Crippen LogP contribution in [-0.4, -0.2) is 29.4 Å². The number of amides is 1. The first kappa shape index (κ1) is 14.6. The van der Waals surface area contributed by atoms with E-state index in [0.717, 1.165) is 20.8 Å². The summed E-state index contributed by atoms with van der Waals surface area (Å²) in [6, 6.07) is 2.02. The summed E-state index contributed by atoms with van der Waals surface area (Å²) >= 11 is 6.52. The molecule has 19 heavy (non-hydrogen) atoms. The molecule has 0 spiro atoms. The van der Waals surface area contributed by atoms with E-state index in [1.54, 1.807) is 28.7 Å². The molecule has 4 nitrogen and oxygen atoms in total. The number of halogens is 1. The number of nitrogens with two attached hydrogens (primary N) is 1. The van der Waals surface area contributed by atoms with Crippen LogP contribution in [0.1, 0.15) is 21.1 Å². The van der Waals surface area contributed by atoms with Crippen LogP contribution < -0.4 is 5.73 Å². The van der Waals surface area contributed by atoms with Crippen molar-refractivity contribution in [2.75, 3.05) is 13.6 Å². The Morgan fingerprint density at radius 1 is 1.47 bits per heavy atom. The Labute approximate surface area is 128 Å². The molecule has 2 heterocycles. The number of hydrogen-bond acceptors (Lipinski definition) is 5. The smallest absolute Gasteiger partial charge is 0.273 e. The highest BCUT2D eigenvalue weighted by atomic mass is 79.9. The Morgan fingerprint density at radius 3 is 2.89 bits per heavy atom. The molecule has 2 aromatic heterocycles. The predicted octanol–water partition coefficient (Wildman–Crippen LogP) is 2.74. The van der Waals surface area contributed by atoms with Gasteiger partial charge in [-0.2, -0.15) is 0 Å². The molecule has 0 radical (unpaired) electrons. The number of aromatic nitrogens is 1. The van der Waals surface area contributed by atoms with Crippen molar-refractivity contribution in [2.24, 2.45) is 5.73 Å². The molecule has 0 aromatic carbocycles. The summed E-state index contributed by atoms with van der Waals surface area (Å²) in [6.07, 6.45) is 0.721. The molecular weight excluding hydrogens is 346 g/mol. The van der Waals surface area contributed by atoms with Gasteiger partial charge in [0.05, 0.1) is 8.79 Å². The van der Waals surface area contributed by atoms with Gasteiger partial charge in [-0.3, -0.25) is 4.79 Å². The minimum absolute atomic E-state index is 0.0538. The number of carbonyl (C=O) groups excluding carboxylic acids is 1. The van der Waals surface area contributed by atoms with Gasteiger partial charge in [-0.05, 0) is 39.5 Å². The van der Waals surface area contributed by atoms with Crippen LogP contribution in [0.2, 0.25) is 0 Å². The second-order valence-electron chi connectivity index (χ2n) is 4.09. The molecule has 0 bridgehead atoms. The monoisotopic (exact) mass is 359 g/mol. The van der Waals surface area contributed by atoms with Gasteiger partial charge in [-0.1, -0.05) is 0 Å². The Balaban J connectivity index is 2.01. The third-order valence-corrected chi connectivity index (χ3v) is 4.98. The van der Waals surface area contributed by atoms with E-state index in [-0.39, 0.29) is 5.91 Å². The Bertz CT molecular complexity index is 567. The van der Waals surface area contributed by atoms with E-state index in [4.69, 9.17) is 5.73 Å². The third kappa shape index (κ3) is 3.85. The van der Waals surface area contributed by atoms with E-state index in [2.05, 4.69) is 20.9 Å². The normalized spacial score (nSPS) is 10.7. The second-order valence-corrected chi connectivity index (χ2v) is 7.32. The Hall–Kier alpha value is -0.760. The SMILES string of the molecule is CN(Cc1csc(Br)c1)C(=O)c1csc(CCN)n1. The van der Waals surface area contributed by atoms with Gasteiger partial charge in [0.15, 0.2) is 0 Å². The lowest BCUT2D eigenvalue weighted by Crippen LogP contribution is -2.26. The molecule has 0 aliphatic heterocycles. The fraction of sp³-hybridized carbons (Fsp3) is 0.333. The first-order valence-corrected chi connectivity index (χ1v) is 8.28. The summed E-state index contributed by atoms with van der Waals surface area (Å²) in [5.41, 5.74) is 7.10. The summed E-state index contributed by atoms with van der Waals surface area (Å²) in [5.74, 6) is -0.0538. The number of thiazole rings is 1. The number of thiophene rings is 1. The van der Waals surface area contributed by atoms with Crippen molar-refractivity contribution in [1.29, 1.82) is 0 Å². The lowest BCUT2D eigenvalue weighted by atomic mass is 10.3. The van der Waals surface area contributed by atoms with E-state index in [9.17, 15) is 4.79 Å². The number of hydrogen-bond donors (Lipinski definition) is 1. The zero-order valence-corrected chi connectivity index (χ0v) is 13.6. The van der Waals surface area contributed by atoms with Crippen LogP contribution >= 0.6 is 38.6 Å². The quantitative estimate of drug-likeness (QED) is 0.892. The maximum Gasteiger partial charge on any atom is 0.273 e. The Kier molecular flexibility index (Phi) is 5.09. The number of rotatable bonds is 5. The summed E-state index contributed by atoms with van der Waals surface area (Å²) < 4.78 is 1.07.